The Bertz CT molecular complexity index is 703. The smallest absolute Gasteiger partial charge is 0.260 e. The van der Waals surface area contributed by atoms with Crippen LogP contribution >= 0.6 is 0 Å². The van der Waals surface area contributed by atoms with Crippen LogP contribution in [0.25, 0.3) is 0 Å². The van der Waals surface area contributed by atoms with E-state index in [9.17, 15) is 4.79 Å². The summed E-state index contributed by atoms with van der Waals surface area (Å²) in [4.78, 5) is 16.8. The summed E-state index contributed by atoms with van der Waals surface area (Å²) in [5, 5.41) is 0. The highest BCUT2D eigenvalue weighted by molar-refractivity contribution is 5.77. The lowest BCUT2D eigenvalue weighted by Gasteiger charge is -2.22. The van der Waals surface area contributed by atoms with Crippen LogP contribution in [-0.4, -0.2) is 55.1 Å². The molecule has 1 saturated heterocycles. The molecule has 1 fully saturated rings. The van der Waals surface area contributed by atoms with E-state index >= 15 is 0 Å². The van der Waals surface area contributed by atoms with Gasteiger partial charge in [-0.3, -0.25) is 9.69 Å². The summed E-state index contributed by atoms with van der Waals surface area (Å²) in [6, 6.07) is 17.9. The van der Waals surface area contributed by atoms with Crippen LogP contribution in [0.4, 0.5) is 0 Å². The highest BCUT2D eigenvalue weighted by Gasteiger charge is 2.19. The molecule has 1 aliphatic heterocycles. The molecule has 2 aromatic carbocycles. The molecule has 0 unspecified atom stereocenters. The Morgan fingerprint density at radius 2 is 1.59 bits per heavy atom. The Hall–Kier alpha value is -2.53. The molecule has 0 atom stereocenters. The molecule has 5 nitrogen and oxygen atoms in total. The summed E-state index contributed by atoms with van der Waals surface area (Å²) < 4.78 is 11.1. The van der Waals surface area contributed by atoms with E-state index in [1.165, 1.54) is 5.56 Å². The van der Waals surface area contributed by atoms with E-state index in [4.69, 9.17) is 9.47 Å². The van der Waals surface area contributed by atoms with Gasteiger partial charge in [0.1, 0.15) is 11.5 Å². The summed E-state index contributed by atoms with van der Waals surface area (Å²) in [6.07, 6.45) is 0.988. The predicted octanol–water partition coefficient (Wildman–Crippen LogP) is 3.20. The van der Waals surface area contributed by atoms with Crippen LogP contribution in [0, 0.1) is 0 Å². The van der Waals surface area contributed by atoms with Crippen molar-refractivity contribution in [3.8, 4) is 11.5 Å². The molecule has 0 aliphatic carbocycles. The molecule has 0 radical (unpaired) electrons. The van der Waals surface area contributed by atoms with Gasteiger partial charge >= 0.3 is 0 Å². The Morgan fingerprint density at radius 1 is 0.889 bits per heavy atom. The Balaban J connectivity index is 1.44. The molecule has 0 spiro atoms. The number of ether oxygens (including phenoxy) is 2. The maximum atomic E-state index is 12.5. The summed E-state index contributed by atoms with van der Waals surface area (Å²) in [5.41, 5.74) is 1.32. The SMILES string of the molecule is CCOc1ccc(OCC(=O)N2CCCN(Cc3ccccc3)CC2)cc1. The van der Waals surface area contributed by atoms with E-state index in [0.717, 1.165) is 44.9 Å². The molecule has 0 N–H and O–H groups in total. The zero-order valence-electron chi connectivity index (χ0n) is 16.0. The molecule has 3 rings (SSSR count). The molecule has 1 aliphatic rings. The van der Waals surface area contributed by atoms with Crippen LogP contribution in [0.5, 0.6) is 11.5 Å². The van der Waals surface area contributed by atoms with E-state index in [1.807, 2.05) is 42.2 Å². The summed E-state index contributed by atoms with van der Waals surface area (Å²) in [5.74, 6) is 1.54. The first-order valence-corrected chi connectivity index (χ1v) is 9.64. The van der Waals surface area contributed by atoms with Gasteiger partial charge in [0.2, 0.25) is 0 Å². The molecular formula is C22H28N2O3. The van der Waals surface area contributed by atoms with Crippen molar-refractivity contribution in [1.29, 1.82) is 0 Å². The first kappa shape index (κ1) is 19.2. The second kappa shape index (κ2) is 9.97. The van der Waals surface area contributed by atoms with Gasteiger partial charge in [-0.1, -0.05) is 30.3 Å². The van der Waals surface area contributed by atoms with Crippen LogP contribution < -0.4 is 9.47 Å². The third-order valence-electron chi connectivity index (χ3n) is 4.69. The van der Waals surface area contributed by atoms with E-state index in [-0.39, 0.29) is 12.5 Å². The average molecular weight is 368 g/mol. The van der Waals surface area contributed by atoms with Crippen molar-refractivity contribution in [2.45, 2.75) is 19.9 Å². The largest absolute Gasteiger partial charge is 0.494 e. The second-order valence-corrected chi connectivity index (χ2v) is 6.69. The van der Waals surface area contributed by atoms with Gasteiger partial charge in [0.25, 0.3) is 5.91 Å². The van der Waals surface area contributed by atoms with Crippen molar-refractivity contribution in [3.63, 3.8) is 0 Å². The molecule has 27 heavy (non-hydrogen) atoms. The van der Waals surface area contributed by atoms with Crippen molar-refractivity contribution < 1.29 is 14.3 Å². The van der Waals surface area contributed by atoms with Crippen molar-refractivity contribution in [3.05, 3.63) is 60.2 Å². The van der Waals surface area contributed by atoms with Gasteiger partial charge in [0.15, 0.2) is 6.61 Å². The lowest BCUT2D eigenvalue weighted by Crippen LogP contribution is -2.38. The molecule has 144 valence electrons. The summed E-state index contributed by atoms with van der Waals surface area (Å²) in [7, 11) is 0. The molecule has 5 heteroatoms. The second-order valence-electron chi connectivity index (χ2n) is 6.69. The number of carbonyl (C=O) groups is 1. The number of amides is 1. The van der Waals surface area contributed by atoms with Crippen LogP contribution in [0.15, 0.2) is 54.6 Å². The highest BCUT2D eigenvalue weighted by Crippen LogP contribution is 2.17. The van der Waals surface area contributed by atoms with E-state index in [2.05, 4.69) is 29.2 Å². The third-order valence-corrected chi connectivity index (χ3v) is 4.69. The minimum absolute atomic E-state index is 0.0467. The van der Waals surface area contributed by atoms with Crippen LogP contribution in [0.3, 0.4) is 0 Å². The minimum Gasteiger partial charge on any atom is -0.494 e. The maximum Gasteiger partial charge on any atom is 0.260 e. The topological polar surface area (TPSA) is 42.0 Å². The fourth-order valence-corrected chi connectivity index (χ4v) is 3.26. The lowest BCUT2D eigenvalue weighted by atomic mass is 10.2. The first-order valence-electron chi connectivity index (χ1n) is 9.64. The van der Waals surface area contributed by atoms with Gasteiger partial charge < -0.3 is 14.4 Å². The number of carbonyl (C=O) groups excluding carboxylic acids is 1. The number of benzene rings is 2. The zero-order chi connectivity index (χ0) is 18.9. The lowest BCUT2D eigenvalue weighted by molar-refractivity contribution is -0.133. The molecule has 0 bridgehead atoms. The molecule has 2 aromatic rings. The van der Waals surface area contributed by atoms with Gasteiger partial charge in [0.05, 0.1) is 6.61 Å². The summed E-state index contributed by atoms with van der Waals surface area (Å²) in [6.45, 7) is 7.04. The molecule has 0 aromatic heterocycles. The van der Waals surface area contributed by atoms with Gasteiger partial charge in [-0.15, -0.1) is 0 Å². The van der Waals surface area contributed by atoms with Crippen molar-refractivity contribution >= 4 is 5.91 Å². The third kappa shape index (κ3) is 6.00. The fourth-order valence-electron chi connectivity index (χ4n) is 3.26. The quantitative estimate of drug-likeness (QED) is 0.753. The van der Waals surface area contributed by atoms with E-state index < -0.39 is 0 Å². The molecule has 0 saturated carbocycles. The predicted molar refractivity (Wildman–Crippen MR) is 106 cm³/mol. The van der Waals surface area contributed by atoms with Crippen molar-refractivity contribution in [1.82, 2.24) is 9.80 Å². The average Bonchev–Trinajstić information content (AvgIpc) is 2.94. The monoisotopic (exact) mass is 368 g/mol. The number of rotatable bonds is 7. The molecule has 1 amide bonds. The van der Waals surface area contributed by atoms with Crippen LogP contribution in [0.1, 0.15) is 18.9 Å². The number of hydrogen-bond donors (Lipinski definition) is 0. The Morgan fingerprint density at radius 3 is 2.30 bits per heavy atom. The minimum atomic E-state index is 0.0467. The first-order chi connectivity index (χ1) is 13.2. The Labute approximate surface area is 161 Å². The van der Waals surface area contributed by atoms with Gasteiger partial charge in [0, 0.05) is 32.7 Å². The molecule has 1 heterocycles. The standard InChI is InChI=1S/C22H28N2O3/c1-2-26-20-9-11-21(12-10-20)27-18-22(25)24-14-6-13-23(15-16-24)17-19-7-4-3-5-8-19/h3-5,7-12H,2,6,13-18H2,1H3. The normalized spacial score (nSPS) is 15.2. The van der Waals surface area contributed by atoms with E-state index in [0.29, 0.717) is 12.4 Å². The number of nitrogens with zero attached hydrogens (tertiary/aromatic N) is 2. The number of hydrogen-bond acceptors (Lipinski definition) is 4. The van der Waals surface area contributed by atoms with Crippen LogP contribution in [-0.2, 0) is 11.3 Å². The summed E-state index contributed by atoms with van der Waals surface area (Å²) >= 11 is 0. The zero-order valence-corrected chi connectivity index (χ0v) is 16.0. The highest BCUT2D eigenvalue weighted by atomic mass is 16.5. The fraction of sp³-hybridized carbons (Fsp3) is 0.409. The van der Waals surface area contributed by atoms with E-state index in [1.54, 1.807) is 0 Å². The van der Waals surface area contributed by atoms with Gasteiger partial charge in [-0.05, 0) is 43.2 Å². The Kier molecular flexibility index (Phi) is 7.11. The van der Waals surface area contributed by atoms with Crippen molar-refractivity contribution in [2.75, 3.05) is 39.4 Å². The maximum absolute atomic E-state index is 12.5. The van der Waals surface area contributed by atoms with Gasteiger partial charge in [-0.2, -0.15) is 0 Å². The molecular weight excluding hydrogens is 340 g/mol. The van der Waals surface area contributed by atoms with Crippen molar-refractivity contribution in [2.24, 2.45) is 0 Å². The van der Waals surface area contributed by atoms with Crippen LogP contribution in [0.2, 0.25) is 0 Å². The van der Waals surface area contributed by atoms with Gasteiger partial charge in [-0.25, -0.2) is 0 Å².